The van der Waals surface area contributed by atoms with Gasteiger partial charge in [0.25, 0.3) is 0 Å². The lowest BCUT2D eigenvalue weighted by atomic mass is 9.98. The lowest BCUT2D eigenvalue weighted by molar-refractivity contribution is 0.542. The van der Waals surface area contributed by atoms with E-state index in [0.29, 0.717) is 5.56 Å². The Morgan fingerprint density at radius 1 is 1.25 bits per heavy atom. The first-order valence-corrected chi connectivity index (χ1v) is 6.89. The minimum absolute atomic E-state index is 0.168. The standard InChI is InChI=1S/C16H20FN3/c1-4-6-19-16(14-5-7-18-10-15(14)17)13-8-11(2)20-12(3)9-13/h5,7-10,16,19H,4,6H2,1-3H3. The minimum atomic E-state index is -0.284. The summed E-state index contributed by atoms with van der Waals surface area (Å²) in [5, 5.41) is 3.40. The van der Waals surface area contributed by atoms with Crippen molar-refractivity contribution >= 4 is 0 Å². The minimum Gasteiger partial charge on any atom is -0.306 e. The van der Waals surface area contributed by atoms with Crippen LogP contribution in [0.3, 0.4) is 0 Å². The van der Waals surface area contributed by atoms with Gasteiger partial charge in [0, 0.05) is 23.1 Å². The lowest BCUT2D eigenvalue weighted by Gasteiger charge is -2.20. The molecule has 0 amide bonds. The Labute approximate surface area is 119 Å². The Hall–Kier alpha value is -1.81. The fourth-order valence-corrected chi connectivity index (χ4v) is 2.35. The molecule has 2 rings (SSSR count). The maximum Gasteiger partial charge on any atom is 0.146 e. The van der Waals surface area contributed by atoms with Crippen molar-refractivity contribution in [1.82, 2.24) is 15.3 Å². The second-order valence-electron chi connectivity index (χ2n) is 4.97. The van der Waals surface area contributed by atoms with Gasteiger partial charge in [0.15, 0.2) is 0 Å². The highest BCUT2D eigenvalue weighted by molar-refractivity contribution is 5.33. The molecule has 20 heavy (non-hydrogen) atoms. The maximum absolute atomic E-state index is 14.0. The van der Waals surface area contributed by atoms with Crippen LogP contribution in [0.4, 0.5) is 4.39 Å². The molecule has 0 aliphatic rings. The zero-order chi connectivity index (χ0) is 14.5. The van der Waals surface area contributed by atoms with E-state index >= 15 is 0 Å². The number of aromatic nitrogens is 2. The molecule has 1 unspecified atom stereocenters. The van der Waals surface area contributed by atoms with Gasteiger partial charge < -0.3 is 5.32 Å². The van der Waals surface area contributed by atoms with Gasteiger partial charge in [0.1, 0.15) is 5.82 Å². The lowest BCUT2D eigenvalue weighted by Crippen LogP contribution is -2.24. The summed E-state index contributed by atoms with van der Waals surface area (Å²) in [4.78, 5) is 8.20. The van der Waals surface area contributed by atoms with Crippen molar-refractivity contribution in [2.75, 3.05) is 6.54 Å². The Morgan fingerprint density at radius 3 is 2.55 bits per heavy atom. The van der Waals surface area contributed by atoms with Crippen LogP contribution in [0.2, 0.25) is 0 Å². The summed E-state index contributed by atoms with van der Waals surface area (Å²) in [7, 11) is 0. The summed E-state index contributed by atoms with van der Waals surface area (Å²) in [6.07, 6.45) is 3.88. The van der Waals surface area contributed by atoms with E-state index in [-0.39, 0.29) is 11.9 Å². The first-order valence-electron chi connectivity index (χ1n) is 6.89. The quantitative estimate of drug-likeness (QED) is 0.908. The summed E-state index contributed by atoms with van der Waals surface area (Å²) >= 11 is 0. The largest absolute Gasteiger partial charge is 0.306 e. The van der Waals surface area contributed by atoms with Crippen LogP contribution >= 0.6 is 0 Å². The third-order valence-electron chi connectivity index (χ3n) is 3.15. The van der Waals surface area contributed by atoms with Gasteiger partial charge in [-0.1, -0.05) is 6.92 Å². The fourth-order valence-electron chi connectivity index (χ4n) is 2.35. The van der Waals surface area contributed by atoms with Crippen molar-refractivity contribution in [3.05, 3.63) is 58.9 Å². The van der Waals surface area contributed by atoms with Gasteiger partial charge in [-0.3, -0.25) is 9.97 Å². The number of aryl methyl sites for hydroxylation is 2. The van der Waals surface area contributed by atoms with Crippen molar-refractivity contribution in [2.45, 2.75) is 33.2 Å². The van der Waals surface area contributed by atoms with Gasteiger partial charge >= 0.3 is 0 Å². The topological polar surface area (TPSA) is 37.8 Å². The Balaban J connectivity index is 2.44. The van der Waals surface area contributed by atoms with Crippen LogP contribution in [-0.2, 0) is 0 Å². The molecule has 0 aliphatic carbocycles. The van der Waals surface area contributed by atoms with Crippen molar-refractivity contribution in [3.63, 3.8) is 0 Å². The van der Waals surface area contributed by atoms with Crippen LogP contribution in [0, 0.1) is 19.7 Å². The molecule has 2 heterocycles. The molecule has 0 saturated heterocycles. The molecule has 4 heteroatoms. The zero-order valence-electron chi connectivity index (χ0n) is 12.2. The molecule has 106 valence electrons. The second-order valence-corrected chi connectivity index (χ2v) is 4.97. The van der Waals surface area contributed by atoms with E-state index in [1.165, 1.54) is 6.20 Å². The number of hydrogen-bond donors (Lipinski definition) is 1. The highest BCUT2D eigenvalue weighted by Crippen LogP contribution is 2.24. The molecule has 0 radical (unpaired) electrons. The molecular formula is C16H20FN3. The monoisotopic (exact) mass is 273 g/mol. The first kappa shape index (κ1) is 14.6. The van der Waals surface area contributed by atoms with Crippen molar-refractivity contribution in [2.24, 2.45) is 0 Å². The Bertz CT molecular complexity index is 563. The molecular weight excluding hydrogens is 253 g/mol. The van der Waals surface area contributed by atoms with Crippen LogP contribution in [0.1, 0.15) is 41.9 Å². The third kappa shape index (κ3) is 3.39. The molecule has 3 nitrogen and oxygen atoms in total. The third-order valence-corrected chi connectivity index (χ3v) is 3.15. The summed E-state index contributed by atoms with van der Waals surface area (Å²) in [5.74, 6) is -0.284. The number of nitrogens with zero attached hydrogens (tertiary/aromatic N) is 2. The number of hydrogen-bond acceptors (Lipinski definition) is 3. The number of pyridine rings is 2. The average molecular weight is 273 g/mol. The molecule has 0 spiro atoms. The molecule has 2 aromatic heterocycles. The van der Waals surface area contributed by atoms with E-state index in [1.807, 2.05) is 26.0 Å². The molecule has 0 aromatic carbocycles. The van der Waals surface area contributed by atoms with Gasteiger partial charge in [-0.25, -0.2) is 4.39 Å². The number of halogens is 1. The van der Waals surface area contributed by atoms with Crippen LogP contribution in [0.15, 0.2) is 30.6 Å². The van der Waals surface area contributed by atoms with Crippen LogP contribution in [0.25, 0.3) is 0 Å². The number of nitrogens with one attached hydrogen (secondary N) is 1. The summed E-state index contributed by atoms with van der Waals surface area (Å²) in [6, 6.07) is 5.56. The Kier molecular flexibility index (Phi) is 4.79. The van der Waals surface area contributed by atoms with Crippen molar-refractivity contribution in [1.29, 1.82) is 0 Å². The molecule has 0 aliphatic heterocycles. The number of rotatable bonds is 5. The fraction of sp³-hybridized carbons (Fsp3) is 0.375. The van der Waals surface area contributed by atoms with E-state index in [4.69, 9.17) is 0 Å². The molecule has 1 N–H and O–H groups in total. The van der Waals surface area contributed by atoms with Crippen molar-refractivity contribution in [3.8, 4) is 0 Å². The summed E-state index contributed by atoms with van der Waals surface area (Å²) < 4.78 is 14.0. The van der Waals surface area contributed by atoms with E-state index < -0.39 is 0 Å². The van der Waals surface area contributed by atoms with Gasteiger partial charge in [-0.05, 0) is 50.6 Å². The average Bonchev–Trinajstić information content (AvgIpc) is 2.40. The van der Waals surface area contributed by atoms with Crippen LogP contribution < -0.4 is 5.32 Å². The van der Waals surface area contributed by atoms with Gasteiger partial charge in [0.05, 0.1) is 12.2 Å². The highest BCUT2D eigenvalue weighted by atomic mass is 19.1. The summed E-state index contributed by atoms with van der Waals surface area (Å²) in [5.41, 5.74) is 3.54. The SMILES string of the molecule is CCCNC(c1cc(C)nc(C)c1)c1ccncc1F. The van der Waals surface area contributed by atoms with E-state index in [2.05, 4.69) is 22.2 Å². The molecule has 0 saturated carbocycles. The van der Waals surface area contributed by atoms with E-state index in [9.17, 15) is 4.39 Å². The van der Waals surface area contributed by atoms with Crippen molar-refractivity contribution < 1.29 is 4.39 Å². The predicted molar refractivity (Wildman–Crippen MR) is 78.0 cm³/mol. The first-order chi connectivity index (χ1) is 9.61. The summed E-state index contributed by atoms with van der Waals surface area (Å²) in [6.45, 7) is 6.83. The Morgan fingerprint density at radius 2 is 1.95 bits per heavy atom. The predicted octanol–water partition coefficient (Wildman–Crippen LogP) is 3.32. The normalized spacial score (nSPS) is 12.4. The molecule has 0 bridgehead atoms. The zero-order valence-corrected chi connectivity index (χ0v) is 12.2. The smallest absolute Gasteiger partial charge is 0.146 e. The maximum atomic E-state index is 14.0. The molecule has 0 fully saturated rings. The second kappa shape index (κ2) is 6.57. The van der Waals surface area contributed by atoms with Gasteiger partial charge in [-0.2, -0.15) is 0 Å². The van der Waals surface area contributed by atoms with E-state index in [1.54, 1.807) is 12.3 Å². The van der Waals surface area contributed by atoms with Gasteiger partial charge in [-0.15, -0.1) is 0 Å². The highest BCUT2D eigenvalue weighted by Gasteiger charge is 2.18. The molecule has 2 aromatic rings. The van der Waals surface area contributed by atoms with E-state index in [0.717, 1.165) is 29.9 Å². The molecule has 1 atom stereocenters. The van der Waals surface area contributed by atoms with Crippen LogP contribution in [0.5, 0.6) is 0 Å². The van der Waals surface area contributed by atoms with Crippen LogP contribution in [-0.4, -0.2) is 16.5 Å². The van der Waals surface area contributed by atoms with Gasteiger partial charge in [0.2, 0.25) is 0 Å².